The lowest BCUT2D eigenvalue weighted by Gasteiger charge is -2.18. The normalized spacial score (nSPS) is 14.2. The molecule has 0 N–H and O–H groups in total. The molecule has 0 fully saturated rings. The summed E-state index contributed by atoms with van der Waals surface area (Å²) in [4.78, 5) is 0. The Hall–Kier alpha value is 0.580. The van der Waals surface area contributed by atoms with Gasteiger partial charge in [-0.05, 0) is 0 Å². The highest BCUT2D eigenvalue weighted by molar-refractivity contribution is 8.02. The molecule has 3 nitrogen and oxygen atoms in total. The Labute approximate surface area is 95.4 Å². The van der Waals surface area contributed by atoms with E-state index < -0.39 is 17.0 Å². The Morgan fingerprint density at radius 3 is 2.50 bits per heavy atom. The molecule has 0 aromatic carbocycles. The SMILES string of the molecule is C=CS(=O)(=O)N(CCS)CC[PH](F)=S. The van der Waals surface area contributed by atoms with Crippen LogP contribution in [-0.4, -0.2) is 37.7 Å². The number of rotatable bonds is 7. The van der Waals surface area contributed by atoms with Gasteiger partial charge in [0.2, 0.25) is 10.0 Å². The van der Waals surface area contributed by atoms with E-state index in [1.807, 2.05) is 0 Å². The van der Waals surface area contributed by atoms with Gasteiger partial charge in [-0.3, -0.25) is 0 Å². The molecular formula is C6H13FNO2PS3. The van der Waals surface area contributed by atoms with Gasteiger partial charge >= 0.3 is 0 Å². The van der Waals surface area contributed by atoms with Gasteiger partial charge in [-0.15, -0.1) is 0 Å². The molecule has 0 aliphatic rings. The van der Waals surface area contributed by atoms with Crippen LogP contribution in [0.1, 0.15) is 0 Å². The highest BCUT2D eigenvalue weighted by atomic mass is 32.4. The summed E-state index contributed by atoms with van der Waals surface area (Å²) in [5.41, 5.74) is 0. The molecule has 0 aliphatic heterocycles. The van der Waals surface area contributed by atoms with Crippen LogP contribution in [0, 0.1) is 0 Å². The number of nitrogens with zero attached hydrogens (tertiary/aromatic N) is 1. The van der Waals surface area contributed by atoms with Crippen LogP contribution in [0.15, 0.2) is 12.0 Å². The van der Waals surface area contributed by atoms with Crippen molar-refractivity contribution >= 4 is 41.5 Å². The molecule has 1 unspecified atom stereocenters. The maximum absolute atomic E-state index is 12.4. The Kier molecular flexibility index (Phi) is 7.24. The Morgan fingerprint density at radius 2 is 2.14 bits per heavy atom. The quantitative estimate of drug-likeness (QED) is 0.562. The van der Waals surface area contributed by atoms with E-state index in [0.717, 1.165) is 9.71 Å². The van der Waals surface area contributed by atoms with E-state index in [4.69, 9.17) is 0 Å². The molecular weight excluding hydrogens is 264 g/mol. The minimum absolute atomic E-state index is 0.112. The third-order valence-electron chi connectivity index (χ3n) is 1.48. The predicted octanol–water partition coefficient (Wildman–Crippen LogP) is 1.25. The first-order valence-corrected chi connectivity index (χ1v) is 8.71. The lowest BCUT2D eigenvalue weighted by atomic mass is 10.6. The standard InChI is InChI=1S/C6H13FNO2PS3/c1-2-14(9,10)8(4-6-12)3-5-11(7)13/h2,11-12H,1,3-6H2. The zero-order chi connectivity index (χ0) is 11.2. The smallest absolute Gasteiger partial charge is 0.221 e. The third kappa shape index (κ3) is 5.46. The summed E-state index contributed by atoms with van der Waals surface area (Å²) >= 11 is 8.33. The van der Waals surface area contributed by atoms with Crippen LogP contribution in [0.3, 0.4) is 0 Å². The first kappa shape index (κ1) is 14.6. The molecule has 0 heterocycles. The average Bonchev–Trinajstić information content (AvgIpc) is 2.11. The van der Waals surface area contributed by atoms with Crippen LogP contribution in [0.25, 0.3) is 0 Å². The van der Waals surface area contributed by atoms with Crippen LogP contribution in [0.4, 0.5) is 4.20 Å². The predicted molar refractivity (Wildman–Crippen MR) is 66.2 cm³/mol. The molecule has 0 amide bonds. The van der Waals surface area contributed by atoms with E-state index in [1.165, 1.54) is 0 Å². The molecule has 0 saturated heterocycles. The second-order valence-electron chi connectivity index (χ2n) is 2.44. The minimum atomic E-state index is -3.47. The number of thiol groups is 1. The summed E-state index contributed by atoms with van der Waals surface area (Å²) in [5, 5.41) is 0.852. The number of sulfonamides is 1. The molecule has 0 rings (SSSR count). The summed E-state index contributed by atoms with van der Waals surface area (Å²) in [6.45, 7) is 3.56. The van der Waals surface area contributed by atoms with Gasteiger partial charge in [0, 0.05) is 30.4 Å². The van der Waals surface area contributed by atoms with Crippen molar-refractivity contribution in [1.82, 2.24) is 4.31 Å². The van der Waals surface area contributed by atoms with Gasteiger partial charge in [-0.2, -0.15) is 16.9 Å². The lowest BCUT2D eigenvalue weighted by molar-refractivity contribution is 0.457. The monoisotopic (exact) mass is 277 g/mol. The lowest BCUT2D eigenvalue weighted by Crippen LogP contribution is -2.33. The van der Waals surface area contributed by atoms with Crippen molar-refractivity contribution in [2.75, 3.05) is 25.0 Å². The van der Waals surface area contributed by atoms with Crippen molar-refractivity contribution in [2.24, 2.45) is 0 Å². The largest absolute Gasteiger partial charge is 0.235 e. The molecule has 1 atom stereocenters. The van der Waals surface area contributed by atoms with Crippen molar-refractivity contribution < 1.29 is 12.6 Å². The zero-order valence-corrected chi connectivity index (χ0v) is 11.0. The van der Waals surface area contributed by atoms with Crippen LogP contribution in [0.2, 0.25) is 0 Å². The molecule has 0 aromatic rings. The maximum atomic E-state index is 12.4. The highest BCUT2D eigenvalue weighted by Crippen LogP contribution is 2.21. The van der Waals surface area contributed by atoms with E-state index in [2.05, 4.69) is 31.0 Å². The van der Waals surface area contributed by atoms with Gasteiger partial charge in [-0.25, -0.2) is 12.6 Å². The summed E-state index contributed by atoms with van der Waals surface area (Å²) in [6, 6.07) is 0. The van der Waals surface area contributed by atoms with Gasteiger partial charge < -0.3 is 0 Å². The van der Waals surface area contributed by atoms with Crippen LogP contribution < -0.4 is 0 Å². The molecule has 0 saturated carbocycles. The van der Waals surface area contributed by atoms with Crippen molar-refractivity contribution in [3.8, 4) is 0 Å². The average molecular weight is 277 g/mol. The van der Waals surface area contributed by atoms with Crippen molar-refractivity contribution in [3.05, 3.63) is 12.0 Å². The maximum Gasteiger partial charge on any atom is 0.235 e. The topological polar surface area (TPSA) is 37.4 Å². The highest BCUT2D eigenvalue weighted by Gasteiger charge is 2.17. The van der Waals surface area contributed by atoms with Gasteiger partial charge in [0.05, 0.1) is 0 Å². The summed E-state index contributed by atoms with van der Waals surface area (Å²) in [5.74, 6) is 0.388. The van der Waals surface area contributed by atoms with E-state index in [1.54, 1.807) is 0 Å². The van der Waals surface area contributed by atoms with Gasteiger partial charge in [0.25, 0.3) is 0 Å². The fourth-order valence-corrected chi connectivity index (χ4v) is 2.96. The zero-order valence-electron chi connectivity index (χ0n) is 7.52. The summed E-state index contributed by atoms with van der Waals surface area (Å²) in [6.07, 6.45) is 0.112. The third-order valence-corrected chi connectivity index (χ3v) is 4.41. The van der Waals surface area contributed by atoms with Crippen LogP contribution in [-0.2, 0) is 21.8 Å². The van der Waals surface area contributed by atoms with E-state index in [9.17, 15) is 12.6 Å². The van der Waals surface area contributed by atoms with E-state index in [0.29, 0.717) is 5.75 Å². The Morgan fingerprint density at radius 1 is 1.57 bits per heavy atom. The van der Waals surface area contributed by atoms with E-state index in [-0.39, 0.29) is 19.3 Å². The fourth-order valence-electron chi connectivity index (χ4n) is 0.796. The summed E-state index contributed by atoms with van der Waals surface area (Å²) in [7, 11) is -5.76. The first-order valence-electron chi connectivity index (χ1n) is 3.86. The minimum Gasteiger partial charge on any atom is -0.221 e. The molecule has 84 valence electrons. The van der Waals surface area contributed by atoms with Crippen molar-refractivity contribution in [3.63, 3.8) is 0 Å². The first-order chi connectivity index (χ1) is 6.44. The van der Waals surface area contributed by atoms with Crippen molar-refractivity contribution in [1.29, 1.82) is 0 Å². The molecule has 0 aliphatic carbocycles. The fraction of sp³-hybridized carbons (Fsp3) is 0.667. The van der Waals surface area contributed by atoms with Gasteiger partial charge in [0.1, 0.15) is 7.01 Å². The molecule has 0 spiro atoms. The van der Waals surface area contributed by atoms with Gasteiger partial charge in [0.15, 0.2) is 0 Å². The Bertz CT molecular complexity index is 306. The number of halogens is 1. The summed E-state index contributed by atoms with van der Waals surface area (Å²) < 4.78 is 36.2. The molecule has 14 heavy (non-hydrogen) atoms. The second-order valence-corrected chi connectivity index (χ2v) is 7.31. The van der Waals surface area contributed by atoms with Crippen LogP contribution >= 0.6 is 19.6 Å². The number of hydrogen-bond acceptors (Lipinski definition) is 4. The van der Waals surface area contributed by atoms with Crippen molar-refractivity contribution in [2.45, 2.75) is 0 Å². The van der Waals surface area contributed by atoms with E-state index >= 15 is 0 Å². The Balaban J connectivity index is 4.44. The second kappa shape index (κ2) is 6.95. The molecule has 0 bridgehead atoms. The molecule has 0 aromatic heterocycles. The molecule has 8 heteroatoms. The van der Waals surface area contributed by atoms with Gasteiger partial charge in [-0.1, -0.05) is 18.4 Å². The van der Waals surface area contributed by atoms with Crippen LogP contribution in [0.5, 0.6) is 0 Å². The number of hydrogen-bond donors (Lipinski definition) is 1. The molecule has 0 radical (unpaired) electrons.